The summed E-state index contributed by atoms with van der Waals surface area (Å²) in [6.07, 6.45) is 0. The minimum absolute atomic E-state index is 0.0510. The molecule has 2 aromatic carbocycles. The molecule has 0 heterocycles. The van der Waals surface area contributed by atoms with Crippen LogP contribution in [0.4, 0.5) is 0 Å². The average Bonchev–Trinajstić information content (AvgIpc) is 2.53. The van der Waals surface area contributed by atoms with Crippen molar-refractivity contribution in [3.63, 3.8) is 0 Å². The molecule has 0 aliphatic heterocycles. The summed E-state index contributed by atoms with van der Waals surface area (Å²) in [5, 5.41) is 11.6. The molecule has 110 valence electrons. The smallest absolute Gasteiger partial charge is 0.170 e. The average molecular weight is 351 g/mol. The van der Waals surface area contributed by atoms with Crippen molar-refractivity contribution in [2.24, 2.45) is 10.9 Å². The molecule has 0 aromatic heterocycles. The van der Waals surface area contributed by atoms with Crippen LogP contribution in [0.25, 0.3) is 0 Å². The van der Waals surface area contributed by atoms with E-state index in [1.54, 1.807) is 25.3 Å². The molecule has 0 unspecified atom stereocenters. The van der Waals surface area contributed by atoms with E-state index in [1.807, 2.05) is 24.3 Å². The molecule has 0 saturated carbocycles. The van der Waals surface area contributed by atoms with Crippen molar-refractivity contribution in [2.45, 2.75) is 6.61 Å². The molecule has 5 nitrogen and oxygen atoms in total. The van der Waals surface area contributed by atoms with Gasteiger partial charge < -0.3 is 20.4 Å². The Labute approximate surface area is 131 Å². The van der Waals surface area contributed by atoms with Crippen LogP contribution in [0.2, 0.25) is 0 Å². The lowest BCUT2D eigenvalue weighted by atomic mass is 10.2. The Morgan fingerprint density at radius 1 is 1.29 bits per heavy atom. The zero-order chi connectivity index (χ0) is 15.2. The third-order valence-electron chi connectivity index (χ3n) is 2.86. The molecule has 0 aliphatic rings. The van der Waals surface area contributed by atoms with E-state index in [4.69, 9.17) is 20.4 Å². The SMILES string of the molecule is COc1cccc(COc2ccc(/C(N)=N/O)cc2Br)c1. The van der Waals surface area contributed by atoms with E-state index in [0.29, 0.717) is 17.9 Å². The normalized spacial score (nSPS) is 11.2. The fraction of sp³-hybridized carbons (Fsp3) is 0.133. The summed E-state index contributed by atoms with van der Waals surface area (Å²) < 4.78 is 11.6. The van der Waals surface area contributed by atoms with Gasteiger partial charge in [0.05, 0.1) is 11.6 Å². The van der Waals surface area contributed by atoms with Gasteiger partial charge in [-0.15, -0.1) is 0 Å². The standard InChI is InChI=1S/C15H15BrN2O3/c1-20-12-4-2-3-10(7-12)9-21-14-6-5-11(8-13(14)16)15(17)18-19/h2-8,19H,9H2,1H3,(H2,17,18). The Hall–Kier alpha value is -2.21. The van der Waals surface area contributed by atoms with Gasteiger partial charge in [0.1, 0.15) is 18.1 Å². The largest absolute Gasteiger partial charge is 0.497 e. The van der Waals surface area contributed by atoms with E-state index in [1.165, 1.54) is 0 Å². The lowest BCUT2D eigenvalue weighted by molar-refractivity contribution is 0.303. The van der Waals surface area contributed by atoms with Gasteiger partial charge in [0.2, 0.25) is 0 Å². The number of hydrogen-bond acceptors (Lipinski definition) is 4. The van der Waals surface area contributed by atoms with E-state index in [2.05, 4.69) is 21.1 Å². The quantitative estimate of drug-likeness (QED) is 0.376. The van der Waals surface area contributed by atoms with E-state index < -0.39 is 0 Å². The van der Waals surface area contributed by atoms with Gasteiger partial charge in [-0.3, -0.25) is 0 Å². The summed E-state index contributed by atoms with van der Waals surface area (Å²) in [4.78, 5) is 0. The third kappa shape index (κ3) is 3.88. The first-order chi connectivity index (χ1) is 10.1. The van der Waals surface area contributed by atoms with Gasteiger partial charge in [0.15, 0.2) is 5.84 Å². The number of hydrogen-bond donors (Lipinski definition) is 2. The lowest BCUT2D eigenvalue weighted by Crippen LogP contribution is -2.12. The Morgan fingerprint density at radius 2 is 2.10 bits per heavy atom. The van der Waals surface area contributed by atoms with E-state index in [0.717, 1.165) is 15.8 Å². The van der Waals surface area contributed by atoms with Crippen molar-refractivity contribution in [1.82, 2.24) is 0 Å². The summed E-state index contributed by atoms with van der Waals surface area (Å²) in [6, 6.07) is 12.9. The van der Waals surface area contributed by atoms with Crippen LogP contribution in [0, 0.1) is 0 Å². The van der Waals surface area contributed by atoms with Crippen molar-refractivity contribution in [2.75, 3.05) is 7.11 Å². The number of nitrogens with zero attached hydrogens (tertiary/aromatic N) is 1. The molecule has 2 rings (SSSR count). The molecule has 21 heavy (non-hydrogen) atoms. The van der Waals surface area contributed by atoms with Crippen LogP contribution < -0.4 is 15.2 Å². The molecule has 0 saturated heterocycles. The maximum atomic E-state index is 8.65. The van der Waals surface area contributed by atoms with E-state index in [-0.39, 0.29) is 5.84 Å². The number of benzene rings is 2. The second-order valence-electron chi connectivity index (χ2n) is 4.27. The number of halogens is 1. The molecule has 0 atom stereocenters. The molecule has 6 heteroatoms. The molecule has 0 spiro atoms. The summed E-state index contributed by atoms with van der Waals surface area (Å²) in [6.45, 7) is 0.415. The minimum atomic E-state index is 0.0510. The maximum Gasteiger partial charge on any atom is 0.170 e. The Balaban J connectivity index is 2.09. The molecular weight excluding hydrogens is 336 g/mol. The fourth-order valence-corrected chi connectivity index (χ4v) is 2.25. The number of nitrogens with two attached hydrogens (primary N) is 1. The van der Waals surface area contributed by atoms with Crippen LogP contribution in [-0.2, 0) is 6.61 Å². The molecule has 0 bridgehead atoms. The molecule has 3 N–H and O–H groups in total. The Kier molecular flexibility index (Phi) is 5.05. The summed E-state index contributed by atoms with van der Waals surface area (Å²) >= 11 is 3.40. The van der Waals surface area contributed by atoms with Crippen LogP contribution in [0.5, 0.6) is 11.5 Å². The fourth-order valence-electron chi connectivity index (χ4n) is 1.76. The van der Waals surface area contributed by atoms with Gasteiger partial charge in [-0.25, -0.2) is 0 Å². The van der Waals surface area contributed by atoms with Crippen LogP contribution in [0.15, 0.2) is 52.1 Å². The summed E-state index contributed by atoms with van der Waals surface area (Å²) in [7, 11) is 1.63. The molecule has 0 aliphatic carbocycles. The van der Waals surface area contributed by atoms with E-state index in [9.17, 15) is 0 Å². The van der Waals surface area contributed by atoms with Gasteiger partial charge in [-0.05, 0) is 51.8 Å². The van der Waals surface area contributed by atoms with Gasteiger partial charge in [-0.1, -0.05) is 17.3 Å². The van der Waals surface area contributed by atoms with Gasteiger partial charge >= 0.3 is 0 Å². The third-order valence-corrected chi connectivity index (χ3v) is 3.48. The first-order valence-electron chi connectivity index (χ1n) is 6.17. The Bertz CT molecular complexity index is 659. The zero-order valence-corrected chi connectivity index (χ0v) is 13.0. The number of ether oxygens (including phenoxy) is 2. The second kappa shape index (κ2) is 6.99. The van der Waals surface area contributed by atoms with Gasteiger partial charge in [0, 0.05) is 5.56 Å². The topological polar surface area (TPSA) is 77.1 Å². The molecule has 0 amide bonds. The molecule has 2 aromatic rings. The van der Waals surface area contributed by atoms with Gasteiger partial charge in [-0.2, -0.15) is 0 Å². The van der Waals surface area contributed by atoms with Gasteiger partial charge in [0.25, 0.3) is 0 Å². The maximum absolute atomic E-state index is 8.65. The van der Waals surface area contributed by atoms with Crippen LogP contribution >= 0.6 is 15.9 Å². The van der Waals surface area contributed by atoms with Crippen LogP contribution in [0.3, 0.4) is 0 Å². The number of rotatable bonds is 5. The monoisotopic (exact) mass is 350 g/mol. The predicted molar refractivity (Wildman–Crippen MR) is 84.0 cm³/mol. The van der Waals surface area contributed by atoms with E-state index >= 15 is 0 Å². The first kappa shape index (κ1) is 15.2. The predicted octanol–water partition coefficient (Wildman–Crippen LogP) is 3.13. The minimum Gasteiger partial charge on any atom is -0.497 e. The lowest BCUT2D eigenvalue weighted by Gasteiger charge is -2.10. The number of oxime groups is 1. The van der Waals surface area contributed by atoms with Crippen molar-refractivity contribution in [3.8, 4) is 11.5 Å². The Morgan fingerprint density at radius 3 is 2.76 bits per heavy atom. The summed E-state index contributed by atoms with van der Waals surface area (Å²) in [5.74, 6) is 1.51. The number of methoxy groups -OCH3 is 1. The van der Waals surface area contributed by atoms with Crippen molar-refractivity contribution >= 4 is 21.8 Å². The molecular formula is C15H15BrN2O3. The second-order valence-corrected chi connectivity index (χ2v) is 5.12. The molecule has 0 fully saturated rings. The van der Waals surface area contributed by atoms with Crippen molar-refractivity contribution in [3.05, 3.63) is 58.1 Å². The van der Waals surface area contributed by atoms with Crippen molar-refractivity contribution < 1.29 is 14.7 Å². The highest BCUT2D eigenvalue weighted by atomic mass is 79.9. The first-order valence-corrected chi connectivity index (χ1v) is 6.96. The number of amidine groups is 1. The highest BCUT2D eigenvalue weighted by molar-refractivity contribution is 9.10. The highest BCUT2D eigenvalue weighted by Gasteiger charge is 2.06. The molecule has 0 radical (unpaired) electrons. The van der Waals surface area contributed by atoms with Crippen LogP contribution in [-0.4, -0.2) is 18.2 Å². The zero-order valence-electron chi connectivity index (χ0n) is 11.4. The summed E-state index contributed by atoms with van der Waals surface area (Å²) in [5.41, 5.74) is 7.15. The van der Waals surface area contributed by atoms with Crippen molar-refractivity contribution in [1.29, 1.82) is 0 Å². The van der Waals surface area contributed by atoms with Crippen LogP contribution in [0.1, 0.15) is 11.1 Å². The highest BCUT2D eigenvalue weighted by Crippen LogP contribution is 2.27.